The Bertz CT molecular complexity index is 537. The Labute approximate surface area is 117 Å². The summed E-state index contributed by atoms with van der Waals surface area (Å²) in [7, 11) is 3.40. The molecule has 0 saturated heterocycles. The Balaban J connectivity index is 2.10. The molecule has 0 spiro atoms. The molecular formula is C15H17NO2S. The molecule has 2 aromatic rings. The first kappa shape index (κ1) is 13.6. The van der Waals surface area contributed by atoms with Crippen molar-refractivity contribution in [1.82, 2.24) is 0 Å². The van der Waals surface area contributed by atoms with E-state index < -0.39 is 0 Å². The van der Waals surface area contributed by atoms with Crippen molar-refractivity contribution in [3.63, 3.8) is 0 Å². The average Bonchev–Trinajstić information content (AvgIpc) is 2.97. The number of carbonyl (C=O) groups is 1. The SMILES string of the molecule is COC(=O)c1ccccc1N(C)CCc1cccs1. The largest absolute Gasteiger partial charge is 0.465 e. The van der Waals surface area contributed by atoms with Gasteiger partial charge in [0.25, 0.3) is 0 Å². The number of nitrogens with zero attached hydrogens (tertiary/aromatic N) is 1. The zero-order chi connectivity index (χ0) is 13.7. The fourth-order valence-electron chi connectivity index (χ4n) is 1.94. The Morgan fingerprint density at radius 3 is 2.74 bits per heavy atom. The number of benzene rings is 1. The van der Waals surface area contributed by atoms with Crippen LogP contribution in [0.5, 0.6) is 0 Å². The van der Waals surface area contributed by atoms with Crippen LogP contribution in [0, 0.1) is 0 Å². The molecule has 1 aromatic carbocycles. The van der Waals surface area contributed by atoms with E-state index >= 15 is 0 Å². The third-order valence-corrected chi connectivity index (χ3v) is 3.93. The van der Waals surface area contributed by atoms with Crippen molar-refractivity contribution < 1.29 is 9.53 Å². The van der Waals surface area contributed by atoms with Crippen LogP contribution in [0.25, 0.3) is 0 Å². The molecule has 1 heterocycles. The number of hydrogen-bond acceptors (Lipinski definition) is 4. The highest BCUT2D eigenvalue weighted by atomic mass is 32.1. The van der Waals surface area contributed by atoms with Crippen molar-refractivity contribution in [3.8, 4) is 0 Å². The number of ether oxygens (including phenoxy) is 1. The molecule has 0 unspecified atom stereocenters. The first-order valence-corrected chi connectivity index (χ1v) is 7.01. The molecule has 0 amide bonds. The highest BCUT2D eigenvalue weighted by molar-refractivity contribution is 7.09. The van der Waals surface area contributed by atoms with Crippen LogP contribution in [0.2, 0.25) is 0 Å². The summed E-state index contributed by atoms with van der Waals surface area (Å²) in [5, 5.41) is 2.08. The maximum Gasteiger partial charge on any atom is 0.339 e. The highest BCUT2D eigenvalue weighted by Crippen LogP contribution is 2.20. The van der Waals surface area contributed by atoms with Crippen molar-refractivity contribution in [2.75, 3.05) is 25.6 Å². The number of para-hydroxylation sites is 1. The van der Waals surface area contributed by atoms with Gasteiger partial charge in [-0.2, -0.15) is 0 Å². The number of anilines is 1. The van der Waals surface area contributed by atoms with Gasteiger partial charge in [0.1, 0.15) is 0 Å². The molecule has 0 aliphatic carbocycles. The van der Waals surface area contributed by atoms with Crippen LogP contribution in [0.4, 0.5) is 5.69 Å². The molecule has 0 N–H and O–H groups in total. The van der Waals surface area contributed by atoms with Crippen molar-refractivity contribution in [3.05, 3.63) is 52.2 Å². The molecular weight excluding hydrogens is 258 g/mol. The maximum absolute atomic E-state index is 11.7. The average molecular weight is 275 g/mol. The molecule has 2 rings (SSSR count). The normalized spacial score (nSPS) is 10.2. The summed E-state index contributed by atoms with van der Waals surface area (Å²) < 4.78 is 4.81. The number of rotatable bonds is 5. The Hall–Kier alpha value is -1.81. The third-order valence-electron chi connectivity index (χ3n) is 2.99. The van der Waals surface area contributed by atoms with Crippen LogP contribution >= 0.6 is 11.3 Å². The summed E-state index contributed by atoms with van der Waals surface area (Å²) in [4.78, 5) is 15.2. The van der Waals surface area contributed by atoms with E-state index in [1.807, 2.05) is 25.2 Å². The highest BCUT2D eigenvalue weighted by Gasteiger charge is 2.13. The minimum Gasteiger partial charge on any atom is -0.465 e. The van der Waals surface area contributed by atoms with Crippen molar-refractivity contribution in [1.29, 1.82) is 0 Å². The molecule has 4 heteroatoms. The summed E-state index contributed by atoms with van der Waals surface area (Å²) in [6, 6.07) is 11.7. The lowest BCUT2D eigenvalue weighted by atomic mass is 10.1. The quantitative estimate of drug-likeness (QED) is 0.785. The van der Waals surface area contributed by atoms with Crippen molar-refractivity contribution in [2.24, 2.45) is 0 Å². The summed E-state index contributed by atoms with van der Waals surface area (Å²) in [5.41, 5.74) is 1.52. The fraction of sp³-hybridized carbons (Fsp3) is 0.267. The standard InChI is InChI=1S/C15H17NO2S/c1-16(10-9-12-6-5-11-19-12)14-8-4-3-7-13(14)15(17)18-2/h3-8,11H,9-10H2,1-2H3. The van der Waals surface area contributed by atoms with Gasteiger partial charge in [-0.05, 0) is 30.0 Å². The summed E-state index contributed by atoms with van der Waals surface area (Å²) >= 11 is 1.76. The van der Waals surface area contributed by atoms with Crippen molar-refractivity contribution >= 4 is 23.0 Å². The number of methoxy groups -OCH3 is 1. The molecule has 0 aliphatic heterocycles. The molecule has 19 heavy (non-hydrogen) atoms. The minimum absolute atomic E-state index is 0.293. The summed E-state index contributed by atoms with van der Waals surface area (Å²) in [6.45, 7) is 0.870. The molecule has 0 bridgehead atoms. The van der Waals surface area contributed by atoms with Gasteiger partial charge in [0, 0.05) is 18.5 Å². The van der Waals surface area contributed by atoms with E-state index in [4.69, 9.17) is 4.74 Å². The van der Waals surface area contributed by atoms with Crippen LogP contribution in [-0.4, -0.2) is 26.7 Å². The van der Waals surface area contributed by atoms with Crippen LogP contribution in [0.1, 0.15) is 15.2 Å². The second-order valence-corrected chi connectivity index (χ2v) is 5.29. The number of carbonyl (C=O) groups excluding carboxylic acids is 1. The van der Waals surface area contributed by atoms with Gasteiger partial charge in [0.15, 0.2) is 0 Å². The Morgan fingerprint density at radius 2 is 2.05 bits per heavy atom. The molecule has 0 radical (unpaired) electrons. The molecule has 100 valence electrons. The van der Waals surface area contributed by atoms with E-state index in [-0.39, 0.29) is 5.97 Å². The molecule has 0 fully saturated rings. The fourth-order valence-corrected chi connectivity index (χ4v) is 2.64. The van der Waals surface area contributed by atoms with E-state index in [1.165, 1.54) is 12.0 Å². The van der Waals surface area contributed by atoms with E-state index in [9.17, 15) is 4.79 Å². The van der Waals surface area contributed by atoms with E-state index in [0.717, 1.165) is 18.7 Å². The Morgan fingerprint density at radius 1 is 1.26 bits per heavy atom. The van der Waals surface area contributed by atoms with Crippen LogP contribution in [0.3, 0.4) is 0 Å². The van der Waals surface area contributed by atoms with Crippen LogP contribution in [-0.2, 0) is 11.2 Å². The van der Waals surface area contributed by atoms with Gasteiger partial charge in [0.2, 0.25) is 0 Å². The monoisotopic (exact) mass is 275 g/mol. The first-order chi connectivity index (χ1) is 9.22. The molecule has 0 atom stereocenters. The second kappa shape index (κ2) is 6.38. The van der Waals surface area contributed by atoms with Crippen LogP contribution in [0.15, 0.2) is 41.8 Å². The lowest BCUT2D eigenvalue weighted by molar-refractivity contribution is 0.0601. The zero-order valence-corrected chi connectivity index (χ0v) is 11.9. The molecule has 1 aromatic heterocycles. The summed E-state index contributed by atoms with van der Waals surface area (Å²) in [6.07, 6.45) is 0.976. The predicted octanol–water partition coefficient (Wildman–Crippen LogP) is 3.21. The van der Waals surface area contributed by atoms with Gasteiger partial charge in [-0.1, -0.05) is 18.2 Å². The number of esters is 1. The minimum atomic E-state index is -0.293. The topological polar surface area (TPSA) is 29.5 Å². The smallest absolute Gasteiger partial charge is 0.339 e. The molecule has 0 aliphatic rings. The van der Waals surface area contributed by atoms with Gasteiger partial charge in [-0.15, -0.1) is 11.3 Å². The van der Waals surface area contributed by atoms with Gasteiger partial charge < -0.3 is 9.64 Å². The number of hydrogen-bond donors (Lipinski definition) is 0. The lowest BCUT2D eigenvalue weighted by Gasteiger charge is -2.21. The van der Waals surface area contributed by atoms with Gasteiger partial charge >= 0.3 is 5.97 Å². The maximum atomic E-state index is 11.7. The van der Waals surface area contributed by atoms with Gasteiger partial charge in [-0.3, -0.25) is 0 Å². The first-order valence-electron chi connectivity index (χ1n) is 6.13. The second-order valence-electron chi connectivity index (χ2n) is 4.26. The predicted molar refractivity (Wildman–Crippen MR) is 79.1 cm³/mol. The van der Waals surface area contributed by atoms with E-state index in [2.05, 4.69) is 22.4 Å². The number of thiophene rings is 1. The third kappa shape index (κ3) is 3.35. The van der Waals surface area contributed by atoms with E-state index in [0.29, 0.717) is 5.56 Å². The van der Waals surface area contributed by atoms with Crippen molar-refractivity contribution in [2.45, 2.75) is 6.42 Å². The van der Waals surface area contributed by atoms with Crippen LogP contribution < -0.4 is 4.90 Å². The molecule has 0 saturated carbocycles. The zero-order valence-electron chi connectivity index (χ0n) is 11.1. The number of likely N-dealkylation sites (N-methyl/N-ethyl adjacent to an activating group) is 1. The lowest BCUT2D eigenvalue weighted by Crippen LogP contribution is -2.22. The summed E-state index contributed by atoms with van der Waals surface area (Å²) in [5.74, 6) is -0.293. The van der Waals surface area contributed by atoms with Gasteiger partial charge in [-0.25, -0.2) is 4.79 Å². The van der Waals surface area contributed by atoms with Gasteiger partial charge in [0.05, 0.1) is 18.4 Å². The molecule has 3 nitrogen and oxygen atoms in total. The Kier molecular flexibility index (Phi) is 4.58. The van der Waals surface area contributed by atoms with E-state index in [1.54, 1.807) is 17.4 Å².